The van der Waals surface area contributed by atoms with Gasteiger partial charge in [0.1, 0.15) is 5.60 Å². The van der Waals surface area contributed by atoms with E-state index in [1.54, 1.807) is 25.7 Å². The first-order chi connectivity index (χ1) is 7.31. The summed E-state index contributed by atoms with van der Waals surface area (Å²) in [7, 11) is 0. The zero-order chi connectivity index (χ0) is 12.1. The lowest BCUT2D eigenvalue weighted by molar-refractivity contribution is -0.139. The maximum atomic E-state index is 11.8. The van der Waals surface area contributed by atoms with Crippen LogP contribution < -0.4 is 0 Å². The van der Waals surface area contributed by atoms with Crippen LogP contribution in [0.1, 0.15) is 27.2 Å². The molecule has 2 rings (SSSR count). The third-order valence-corrected chi connectivity index (χ3v) is 3.10. The summed E-state index contributed by atoms with van der Waals surface area (Å²) in [5, 5.41) is 8.91. The Hall–Kier alpha value is -1.26. The number of fused-ring (bicyclic) bond motifs is 1. The minimum atomic E-state index is -0.803. The predicted octanol–water partition coefficient (Wildman–Crippen LogP) is 1.33. The van der Waals surface area contributed by atoms with Crippen molar-refractivity contribution in [2.75, 3.05) is 6.54 Å². The molecule has 3 atom stereocenters. The molecule has 16 heavy (non-hydrogen) atoms. The number of carbonyl (C=O) groups is 2. The molecule has 1 saturated carbocycles. The summed E-state index contributed by atoms with van der Waals surface area (Å²) < 4.78 is 5.24. The largest absolute Gasteiger partial charge is 0.481 e. The van der Waals surface area contributed by atoms with Crippen LogP contribution in [0.5, 0.6) is 0 Å². The van der Waals surface area contributed by atoms with Crippen LogP contribution in [0, 0.1) is 11.8 Å². The van der Waals surface area contributed by atoms with Gasteiger partial charge in [-0.1, -0.05) is 0 Å². The fraction of sp³-hybridized carbons (Fsp3) is 0.818. The van der Waals surface area contributed by atoms with Crippen molar-refractivity contribution in [3.05, 3.63) is 0 Å². The second-order valence-electron chi connectivity index (χ2n) is 5.48. The molecule has 2 fully saturated rings. The van der Waals surface area contributed by atoms with Gasteiger partial charge in [0.25, 0.3) is 0 Å². The minimum absolute atomic E-state index is 0.132. The summed E-state index contributed by atoms with van der Waals surface area (Å²) in [6, 6.07) is -0.132. The Balaban J connectivity index is 1.97. The number of amides is 1. The van der Waals surface area contributed by atoms with E-state index in [1.807, 2.05) is 0 Å². The van der Waals surface area contributed by atoms with Gasteiger partial charge in [-0.3, -0.25) is 4.79 Å². The van der Waals surface area contributed by atoms with Gasteiger partial charge in [-0.05, 0) is 33.1 Å². The standard InChI is InChI=1S/C11H17NO4/c1-11(2,3)16-10(15)12-5-4-6-7(8(6)12)9(13)14/h6-8H,4-5H2,1-3H3,(H,13,14)/t6-,7+,8+/m1/s1. The second kappa shape index (κ2) is 3.37. The highest BCUT2D eigenvalue weighted by molar-refractivity contribution is 5.79. The zero-order valence-corrected chi connectivity index (χ0v) is 9.77. The summed E-state index contributed by atoms with van der Waals surface area (Å²) in [5.41, 5.74) is -0.525. The van der Waals surface area contributed by atoms with E-state index >= 15 is 0 Å². The number of hydrogen-bond acceptors (Lipinski definition) is 3. The highest BCUT2D eigenvalue weighted by atomic mass is 16.6. The van der Waals surface area contributed by atoms with Gasteiger partial charge in [0.15, 0.2) is 0 Å². The minimum Gasteiger partial charge on any atom is -0.481 e. The molecule has 0 aromatic carbocycles. The Labute approximate surface area is 94.4 Å². The normalized spacial score (nSPS) is 32.2. The number of rotatable bonds is 1. The van der Waals surface area contributed by atoms with Crippen LogP contribution in [0.25, 0.3) is 0 Å². The summed E-state index contributed by atoms with van der Waals surface area (Å²) in [4.78, 5) is 24.2. The summed E-state index contributed by atoms with van der Waals surface area (Å²) in [6.45, 7) is 6.04. The topological polar surface area (TPSA) is 66.8 Å². The molecular formula is C11H17NO4. The van der Waals surface area contributed by atoms with Crippen LogP contribution in [-0.4, -0.2) is 40.3 Å². The Morgan fingerprint density at radius 3 is 2.44 bits per heavy atom. The van der Waals surface area contributed by atoms with Crippen molar-refractivity contribution in [1.29, 1.82) is 0 Å². The van der Waals surface area contributed by atoms with Crippen LogP contribution in [0.2, 0.25) is 0 Å². The fourth-order valence-electron chi connectivity index (χ4n) is 2.43. The summed E-state index contributed by atoms with van der Waals surface area (Å²) >= 11 is 0. The smallest absolute Gasteiger partial charge is 0.410 e. The van der Waals surface area contributed by atoms with Crippen LogP contribution >= 0.6 is 0 Å². The van der Waals surface area contributed by atoms with Gasteiger partial charge < -0.3 is 14.7 Å². The Morgan fingerprint density at radius 2 is 2.00 bits per heavy atom. The fourth-order valence-corrected chi connectivity index (χ4v) is 2.43. The number of hydrogen-bond donors (Lipinski definition) is 1. The summed E-state index contributed by atoms with van der Waals surface area (Å²) in [6.07, 6.45) is 0.393. The number of aliphatic carboxylic acids is 1. The van der Waals surface area contributed by atoms with Crippen molar-refractivity contribution in [2.45, 2.75) is 38.8 Å². The van der Waals surface area contributed by atoms with Gasteiger partial charge >= 0.3 is 12.1 Å². The number of carbonyl (C=O) groups excluding carboxylic acids is 1. The van der Waals surface area contributed by atoms with Gasteiger partial charge in [0.2, 0.25) is 0 Å². The molecule has 0 aromatic rings. The SMILES string of the molecule is CC(C)(C)OC(=O)N1CC[C@@H]2[C@H](C(=O)O)[C@H]21. The van der Waals surface area contributed by atoms with Crippen molar-refractivity contribution in [3.8, 4) is 0 Å². The quantitative estimate of drug-likeness (QED) is 0.733. The zero-order valence-electron chi connectivity index (χ0n) is 9.77. The van der Waals surface area contributed by atoms with E-state index in [0.29, 0.717) is 6.54 Å². The van der Waals surface area contributed by atoms with E-state index in [1.165, 1.54) is 0 Å². The van der Waals surface area contributed by atoms with Crippen molar-refractivity contribution in [3.63, 3.8) is 0 Å². The number of nitrogens with zero attached hydrogens (tertiary/aromatic N) is 1. The Bertz CT molecular complexity index is 333. The molecular weight excluding hydrogens is 210 g/mol. The molecule has 1 N–H and O–H groups in total. The van der Waals surface area contributed by atoms with Gasteiger partial charge in [0, 0.05) is 6.54 Å². The third kappa shape index (κ3) is 1.86. The maximum absolute atomic E-state index is 11.8. The van der Waals surface area contributed by atoms with Crippen LogP contribution in [0.3, 0.4) is 0 Å². The van der Waals surface area contributed by atoms with Crippen molar-refractivity contribution in [1.82, 2.24) is 4.90 Å². The molecule has 0 radical (unpaired) electrons. The van der Waals surface area contributed by atoms with E-state index < -0.39 is 11.6 Å². The number of carboxylic acid groups (broad SMARTS) is 1. The molecule has 1 saturated heterocycles. The molecule has 0 spiro atoms. The lowest BCUT2D eigenvalue weighted by atomic mass is 10.2. The molecule has 1 aliphatic carbocycles. The maximum Gasteiger partial charge on any atom is 0.410 e. The highest BCUT2D eigenvalue weighted by Gasteiger charge is 2.63. The van der Waals surface area contributed by atoms with E-state index in [-0.39, 0.29) is 24.0 Å². The predicted molar refractivity (Wildman–Crippen MR) is 56.0 cm³/mol. The summed E-state index contributed by atoms with van der Waals surface area (Å²) in [5.74, 6) is -1.03. The van der Waals surface area contributed by atoms with E-state index in [0.717, 1.165) is 6.42 Å². The first kappa shape index (κ1) is 11.2. The highest BCUT2D eigenvalue weighted by Crippen LogP contribution is 2.51. The van der Waals surface area contributed by atoms with E-state index in [9.17, 15) is 9.59 Å². The molecule has 1 aliphatic heterocycles. The number of piperidine rings is 1. The molecule has 1 heterocycles. The van der Waals surface area contributed by atoms with E-state index in [4.69, 9.17) is 9.84 Å². The first-order valence-corrected chi connectivity index (χ1v) is 5.54. The Morgan fingerprint density at radius 1 is 1.38 bits per heavy atom. The van der Waals surface area contributed by atoms with Gasteiger partial charge in [-0.25, -0.2) is 4.79 Å². The van der Waals surface area contributed by atoms with Crippen LogP contribution in [0.4, 0.5) is 4.79 Å². The average Bonchev–Trinajstić information content (AvgIpc) is 2.64. The van der Waals surface area contributed by atoms with Crippen molar-refractivity contribution in [2.24, 2.45) is 11.8 Å². The Kier molecular flexibility index (Phi) is 2.36. The van der Waals surface area contributed by atoms with Crippen LogP contribution in [-0.2, 0) is 9.53 Å². The molecule has 0 bridgehead atoms. The second-order valence-corrected chi connectivity index (χ2v) is 5.48. The van der Waals surface area contributed by atoms with Gasteiger partial charge in [0.05, 0.1) is 12.0 Å². The molecule has 5 heteroatoms. The third-order valence-electron chi connectivity index (χ3n) is 3.10. The van der Waals surface area contributed by atoms with Gasteiger partial charge in [-0.2, -0.15) is 0 Å². The molecule has 90 valence electrons. The van der Waals surface area contributed by atoms with E-state index in [2.05, 4.69) is 0 Å². The first-order valence-electron chi connectivity index (χ1n) is 5.54. The average molecular weight is 227 g/mol. The molecule has 5 nitrogen and oxygen atoms in total. The number of ether oxygens (including phenoxy) is 1. The van der Waals surface area contributed by atoms with Crippen molar-refractivity contribution >= 4 is 12.1 Å². The molecule has 0 unspecified atom stereocenters. The van der Waals surface area contributed by atoms with Gasteiger partial charge in [-0.15, -0.1) is 0 Å². The monoisotopic (exact) mass is 227 g/mol. The lowest BCUT2D eigenvalue weighted by Gasteiger charge is -2.25. The molecule has 2 aliphatic rings. The van der Waals surface area contributed by atoms with Crippen LogP contribution in [0.15, 0.2) is 0 Å². The number of carboxylic acids is 1. The number of likely N-dealkylation sites (tertiary alicyclic amines) is 1. The van der Waals surface area contributed by atoms with Crippen molar-refractivity contribution < 1.29 is 19.4 Å². The molecule has 1 amide bonds. The lowest BCUT2D eigenvalue weighted by Crippen LogP contribution is -2.38. The molecule has 0 aromatic heterocycles.